The number of rotatable bonds is 4. The maximum atomic E-state index is 10.9. The van der Waals surface area contributed by atoms with E-state index in [1.54, 1.807) is 36.4 Å². The molecule has 19 heavy (non-hydrogen) atoms. The van der Waals surface area contributed by atoms with Gasteiger partial charge in [-0.2, -0.15) is 0 Å². The summed E-state index contributed by atoms with van der Waals surface area (Å²) in [4.78, 5) is 22.8. The molecule has 2 aromatic carbocycles. The lowest BCUT2D eigenvalue weighted by atomic mass is 10.2. The first kappa shape index (κ1) is 13.1. The van der Waals surface area contributed by atoms with Crippen LogP contribution in [0.25, 0.3) is 0 Å². The summed E-state index contributed by atoms with van der Waals surface area (Å²) in [5, 5.41) is 10.5. The minimum absolute atomic E-state index is 0.0634. The van der Waals surface area contributed by atoms with Crippen molar-refractivity contribution in [1.82, 2.24) is 0 Å². The van der Waals surface area contributed by atoms with Crippen molar-refractivity contribution in [2.75, 3.05) is 0 Å². The summed E-state index contributed by atoms with van der Waals surface area (Å²) in [7, 11) is 0. The Morgan fingerprint density at radius 3 is 1.89 bits per heavy atom. The lowest BCUT2D eigenvalue weighted by molar-refractivity contribution is -0.384. The Bertz CT molecular complexity index is 553. The Balaban J connectivity index is 2.12. The van der Waals surface area contributed by atoms with Crippen LogP contribution in [0.15, 0.2) is 58.3 Å². The number of hydrogen-bond acceptors (Lipinski definition) is 4. The molecule has 2 rings (SSSR count). The maximum absolute atomic E-state index is 10.9. The third-order valence-electron chi connectivity index (χ3n) is 2.42. The van der Waals surface area contributed by atoms with Crippen LogP contribution in [0.1, 0.15) is 10.4 Å². The van der Waals surface area contributed by atoms with Crippen LogP contribution in [0.3, 0.4) is 0 Å². The normalized spacial score (nSPS) is 10.1. The molecule has 0 saturated carbocycles. The van der Waals surface area contributed by atoms with Gasteiger partial charge in [-0.25, -0.2) is 0 Å². The smallest absolute Gasteiger partial charge is 0.269 e. The van der Waals surface area contributed by atoms with E-state index in [-0.39, 0.29) is 5.69 Å². The molecule has 0 radical (unpaired) electrons. The van der Waals surface area contributed by atoms with Crippen LogP contribution in [-0.2, 0) is 0 Å². The zero-order valence-corrected chi connectivity index (χ0v) is 10.6. The predicted octanol–water partition coefficient (Wildman–Crippen LogP) is 2.84. The summed E-state index contributed by atoms with van der Waals surface area (Å²) in [6, 6.07) is 13.2. The maximum Gasteiger partial charge on any atom is 0.269 e. The highest BCUT2D eigenvalue weighted by Crippen LogP contribution is 2.28. The van der Waals surface area contributed by atoms with Gasteiger partial charge < -0.3 is 5.73 Å². The van der Waals surface area contributed by atoms with Gasteiger partial charge in [-0.1, -0.05) is 11.8 Å². The first-order valence-electron chi connectivity index (χ1n) is 5.38. The van der Waals surface area contributed by atoms with E-state index in [0.717, 1.165) is 9.79 Å². The second kappa shape index (κ2) is 5.53. The topological polar surface area (TPSA) is 86.2 Å². The number of carbonyl (C=O) groups is 1. The van der Waals surface area contributed by atoms with Crippen LogP contribution in [0.4, 0.5) is 5.69 Å². The Kier molecular flexibility index (Phi) is 3.82. The molecule has 0 unspecified atom stereocenters. The van der Waals surface area contributed by atoms with E-state index < -0.39 is 10.8 Å². The minimum Gasteiger partial charge on any atom is -0.366 e. The van der Waals surface area contributed by atoms with Crippen molar-refractivity contribution in [2.24, 2.45) is 5.73 Å². The zero-order chi connectivity index (χ0) is 13.8. The molecule has 0 aliphatic rings. The van der Waals surface area contributed by atoms with Crippen LogP contribution in [0.2, 0.25) is 0 Å². The fourth-order valence-electron chi connectivity index (χ4n) is 1.46. The average Bonchev–Trinajstić information content (AvgIpc) is 2.40. The largest absolute Gasteiger partial charge is 0.366 e. The summed E-state index contributed by atoms with van der Waals surface area (Å²) >= 11 is 1.45. The monoisotopic (exact) mass is 274 g/mol. The molecule has 0 atom stereocenters. The van der Waals surface area contributed by atoms with Gasteiger partial charge in [0.2, 0.25) is 5.91 Å². The molecule has 0 fully saturated rings. The third kappa shape index (κ3) is 3.32. The van der Waals surface area contributed by atoms with E-state index in [9.17, 15) is 14.9 Å². The second-order valence-electron chi connectivity index (χ2n) is 3.74. The van der Waals surface area contributed by atoms with Gasteiger partial charge in [0.05, 0.1) is 4.92 Å². The fraction of sp³-hybridized carbons (Fsp3) is 0. The highest BCUT2D eigenvalue weighted by atomic mass is 32.2. The molecule has 1 amide bonds. The standard InChI is InChI=1S/C13H10N2O3S/c14-13(16)9-1-5-11(6-2-9)19-12-7-3-10(4-8-12)15(17)18/h1-8H,(H2,14,16). The quantitative estimate of drug-likeness (QED) is 0.686. The number of nitrogens with zero attached hydrogens (tertiary/aromatic N) is 1. The highest BCUT2D eigenvalue weighted by Gasteiger charge is 2.05. The average molecular weight is 274 g/mol. The number of nitro benzene ring substituents is 1. The Labute approximate surface area is 113 Å². The number of primary amides is 1. The molecule has 0 bridgehead atoms. The van der Waals surface area contributed by atoms with Crippen LogP contribution >= 0.6 is 11.8 Å². The third-order valence-corrected chi connectivity index (χ3v) is 3.44. The molecule has 5 nitrogen and oxygen atoms in total. The molecule has 96 valence electrons. The lowest BCUT2D eigenvalue weighted by Gasteiger charge is -2.02. The van der Waals surface area contributed by atoms with Crippen LogP contribution in [-0.4, -0.2) is 10.8 Å². The molecule has 2 aromatic rings. The van der Waals surface area contributed by atoms with Gasteiger partial charge in [-0.15, -0.1) is 0 Å². The van der Waals surface area contributed by atoms with Crippen molar-refractivity contribution < 1.29 is 9.72 Å². The molecule has 0 spiro atoms. The molecule has 6 heteroatoms. The van der Waals surface area contributed by atoms with Gasteiger partial charge in [0.15, 0.2) is 0 Å². The van der Waals surface area contributed by atoms with Crippen molar-refractivity contribution in [3.63, 3.8) is 0 Å². The number of benzene rings is 2. The molecule has 0 aromatic heterocycles. The van der Waals surface area contributed by atoms with Gasteiger partial charge in [0, 0.05) is 27.5 Å². The van der Waals surface area contributed by atoms with Crippen LogP contribution in [0.5, 0.6) is 0 Å². The van der Waals surface area contributed by atoms with E-state index in [0.29, 0.717) is 5.56 Å². The molecule has 0 aliphatic carbocycles. The minimum atomic E-state index is -0.466. The summed E-state index contributed by atoms with van der Waals surface area (Å²) in [6.07, 6.45) is 0. The number of hydrogen-bond donors (Lipinski definition) is 1. The Morgan fingerprint density at radius 2 is 1.47 bits per heavy atom. The summed E-state index contributed by atoms with van der Waals surface area (Å²) in [5.41, 5.74) is 5.67. The summed E-state index contributed by atoms with van der Waals surface area (Å²) < 4.78 is 0. The van der Waals surface area contributed by atoms with Gasteiger partial charge in [-0.05, 0) is 36.4 Å². The summed E-state index contributed by atoms with van der Waals surface area (Å²) in [5.74, 6) is -0.466. The Morgan fingerprint density at radius 1 is 1.00 bits per heavy atom. The van der Waals surface area contributed by atoms with E-state index >= 15 is 0 Å². The van der Waals surface area contributed by atoms with Gasteiger partial charge in [-0.3, -0.25) is 14.9 Å². The van der Waals surface area contributed by atoms with E-state index in [1.165, 1.54) is 23.9 Å². The van der Waals surface area contributed by atoms with Crippen molar-refractivity contribution in [2.45, 2.75) is 9.79 Å². The first-order chi connectivity index (χ1) is 9.06. The van der Waals surface area contributed by atoms with Gasteiger partial charge in [0.25, 0.3) is 5.69 Å². The SMILES string of the molecule is NC(=O)c1ccc(Sc2ccc([N+](=O)[O-])cc2)cc1. The molecule has 0 saturated heterocycles. The van der Waals surface area contributed by atoms with E-state index in [2.05, 4.69) is 0 Å². The Hall–Kier alpha value is -2.34. The molecule has 2 N–H and O–H groups in total. The van der Waals surface area contributed by atoms with Crippen molar-refractivity contribution in [3.05, 3.63) is 64.2 Å². The number of amides is 1. The molecule has 0 aliphatic heterocycles. The number of nitro groups is 1. The van der Waals surface area contributed by atoms with E-state index in [4.69, 9.17) is 5.73 Å². The lowest BCUT2D eigenvalue weighted by Crippen LogP contribution is -2.10. The molecular formula is C13H10N2O3S. The number of nitrogens with two attached hydrogens (primary N) is 1. The van der Waals surface area contributed by atoms with Crippen molar-refractivity contribution in [1.29, 1.82) is 0 Å². The first-order valence-corrected chi connectivity index (χ1v) is 6.20. The fourth-order valence-corrected chi connectivity index (χ4v) is 2.28. The number of non-ortho nitro benzene ring substituents is 1. The van der Waals surface area contributed by atoms with Crippen LogP contribution in [0, 0.1) is 10.1 Å². The molecule has 0 heterocycles. The summed E-state index contributed by atoms with van der Waals surface area (Å²) in [6.45, 7) is 0. The number of carbonyl (C=O) groups excluding carboxylic acids is 1. The van der Waals surface area contributed by atoms with Crippen molar-refractivity contribution >= 4 is 23.4 Å². The van der Waals surface area contributed by atoms with Gasteiger partial charge in [0.1, 0.15) is 0 Å². The predicted molar refractivity (Wildman–Crippen MR) is 72.2 cm³/mol. The molecular weight excluding hydrogens is 264 g/mol. The van der Waals surface area contributed by atoms with Crippen LogP contribution < -0.4 is 5.73 Å². The zero-order valence-electron chi connectivity index (χ0n) is 9.78. The van der Waals surface area contributed by atoms with Gasteiger partial charge >= 0.3 is 0 Å². The van der Waals surface area contributed by atoms with Crippen molar-refractivity contribution in [3.8, 4) is 0 Å². The second-order valence-corrected chi connectivity index (χ2v) is 4.89. The highest BCUT2D eigenvalue weighted by molar-refractivity contribution is 7.99. The van der Waals surface area contributed by atoms with E-state index in [1.807, 2.05) is 0 Å².